The van der Waals surface area contributed by atoms with Crippen LogP contribution in [0.25, 0.3) is 0 Å². The highest BCUT2D eigenvalue weighted by atomic mass is 32.1. The van der Waals surface area contributed by atoms with E-state index >= 15 is 0 Å². The normalized spacial score (nSPS) is 28.3. The summed E-state index contributed by atoms with van der Waals surface area (Å²) in [5.74, 6) is 0.810. The Kier molecular flexibility index (Phi) is 3.87. The van der Waals surface area contributed by atoms with Crippen LogP contribution in [0.15, 0.2) is 0 Å². The molecule has 94 valence electrons. The predicted octanol–water partition coefficient (Wildman–Crippen LogP) is 2.32. The maximum absolute atomic E-state index is 4.51. The van der Waals surface area contributed by atoms with E-state index < -0.39 is 0 Å². The molecule has 3 heteroatoms. The van der Waals surface area contributed by atoms with Crippen molar-refractivity contribution >= 4 is 12.6 Å². The molecule has 2 fully saturated rings. The van der Waals surface area contributed by atoms with Crippen LogP contribution in [0.1, 0.15) is 33.6 Å². The third-order valence-electron chi connectivity index (χ3n) is 4.15. The van der Waals surface area contributed by atoms with Crippen LogP contribution >= 0.6 is 12.6 Å². The molecule has 2 heterocycles. The van der Waals surface area contributed by atoms with Gasteiger partial charge in [0.2, 0.25) is 0 Å². The minimum atomic E-state index is 0.444. The van der Waals surface area contributed by atoms with Crippen LogP contribution in [-0.4, -0.2) is 47.9 Å². The van der Waals surface area contributed by atoms with Crippen molar-refractivity contribution in [3.63, 3.8) is 0 Å². The molecule has 0 N–H and O–H groups in total. The van der Waals surface area contributed by atoms with E-state index in [9.17, 15) is 0 Å². The summed E-state index contributed by atoms with van der Waals surface area (Å²) in [6.07, 6.45) is 2.80. The average molecular weight is 242 g/mol. The molecule has 1 atom stereocenters. The summed E-state index contributed by atoms with van der Waals surface area (Å²) < 4.78 is 0. The zero-order valence-corrected chi connectivity index (χ0v) is 11.8. The van der Waals surface area contributed by atoms with Crippen molar-refractivity contribution in [3.05, 3.63) is 0 Å². The summed E-state index contributed by atoms with van der Waals surface area (Å²) in [5.41, 5.74) is 0.657. The summed E-state index contributed by atoms with van der Waals surface area (Å²) in [6, 6.07) is 0. The van der Waals surface area contributed by atoms with Gasteiger partial charge in [0, 0.05) is 25.0 Å². The molecule has 2 aliphatic heterocycles. The molecule has 1 unspecified atom stereocenters. The molecule has 0 amide bonds. The lowest BCUT2D eigenvalue weighted by molar-refractivity contribution is -0.0507. The lowest BCUT2D eigenvalue weighted by atomic mass is 9.72. The third kappa shape index (κ3) is 2.74. The van der Waals surface area contributed by atoms with Crippen molar-refractivity contribution in [1.82, 2.24) is 9.80 Å². The van der Waals surface area contributed by atoms with Gasteiger partial charge in [-0.25, -0.2) is 0 Å². The van der Waals surface area contributed by atoms with Crippen LogP contribution in [-0.2, 0) is 0 Å². The molecule has 1 spiro atoms. The van der Waals surface area contributed by atoms with Crippen LogP contribution in [0.5, 0.6) is 0 Å². The summed E-state index contributed by atoms with van der Waals surface area (Å²) >= 11 is 4.51. The molecule has 16 heavy (non-hydrogen) atoms. The number of piperidine rings is 1. The van der Waals surface area contributed by atoms with Crippen LogP contribution in [0, 0.1) is 11.3 Å². The fourth-order valence-electron chi connectivity index (χ4n) is 3.12. The Morgan fingerprint density at radius 2 is 1.69 bits per heavy atom. The Hall–Kier alpha value is 0.270. The average Bonchev–Trinajstić information content (AvgIpc) is 2.14. The Morgan fingerprint density at radius 3 is 2.12 bits per heavy atom. The molecule has 0 aromatic heterocycles. The fraction of sp³-hybridized carbons (Fsp3) is 1.00. The molecule has 0 saturated carbocycles. The number of hydrogen-bond donors (Lipinski definition) is 1. The van der Waals surface area contributed by atoms with Crippen LogP contribution in [0.2, 0.25) is 0 Å². The van der Waals surface area contributed by atoms with Crippen molar-refractivity contribution in [2.24, 2.45) is 11.3 Å². The molecule has 2 rings (SSSR count). The van der Waals surface area contributed by atoms with Gasteiger partial charge in [-0.15, -0.1) is 0 Å². The van der Waals surface area contributed by atoms with Crippen molar-refractivity contribution in [2.45, 2.75) is 39.0 Å². The number of hydrogen-bond acceptors (Lipinski definition) is 3. The second-order valence-electron chi connectivity index (χ2n) is 6.23. The van der Waals surface area contributed by atoms with Gasteiger partial charge in [-0.2, -0.15) is 12.6 Å². The van der Waals surface area contributed by atoms with E-state index in [2.05, 4.69) is 43.2 Å². The van der Waals surface area contributed by atoms with Crippen LogP contribution in [0.4, 0.5) is 0 Å². The standard InChI is InChI=1S/C13H26N2S/c1-11(2)8-14-6-4-13(5-7-14)9-15(10-13)12(3)16/h11-12,16H,4-10H2,1-3H3. The molecular weight excluding hydrogens is 216 g/mol. The van der Waals surface area contributed by atoms with Crippen molar-refractivity contribution in [3.8, 4) is 0 Å². The highest BCUT2D eigenvalue weighted by Gasteiger charge is 2.45. The molecule has 2 aliphatic rings. The number of nitrogens with zero attached hydrogens (tertiary/aromatic N) is 2. The fourth-order valence-corrected chi connectivity index (χ4v) is 3.29. The summed E-state index contributed by atoms with van der Waals surface area (Å²) in [7, 11) is 0. The van der Waals surface area contributed by atoms with E-state index in [4.69, 9.17) is 0 Å². The van der Waals surface area contributed by atoms with E-state index in [0.717, 1.165) is 5.92 Å². The second-order valence-corrected chi connectivity index (χ2v) is 6.98. The van der Waals surface area contributed by atoms with Crippen molar-refractivity contribution in [2.75, 3.05) is 32.7 Å². The van der Waals surface area contributed by atoms with Gasteiger partial charge >= 0.3 is 0 Å². The van der Waals surface area contributed by atoms with Crippen LogP contribution in [0.3, 0.4) is 0 Å². The first-order valence-corrected chi connectivity index (χ1v) is 7.17. The minimum Gasteiger partial charge on any atom is -0.303 e. The zero-order chi connectivity index (χ0) is 11.8. The first kappa shape index (κ1) is 12.7. The number of rotatable bonds is 3. The van der Waals surface area contributed by atoms with Gasteiger partial charge < -0.3 is 4.90 Å². The zero-order valence-electron chi connectivity index (χ0n) is 10.9. The van der Waals surface area contributed by atoms with Crippen molar-refractivity contribution in [1.29, 1.82) is 0 Å². The topological polar surface area (TPSA) is 6.48 Å². The van der Waals surface area contributed by atoms with E-state index in [1.54, 1.807) is 0 Å². The van der Waals surface area contributed by atoms with Gasteiger partial charge in [0.15, 0.2) is 0 Å². The quantitative estimate of drug-likeness (QED) is 0.759. The minimum absolute atomic E-state index is 0.444. The Balaban J connectivity index is 1.74. The highest BCUT2D eigenvalue weighted by Crippen LogP contribution is 2.41. The van der Waals surface area contributed by atoms with Gasteiger partial charge in [-0.05, 0) is 44.2 Å². The maximum Gasteiger partial charge on any atom is 0.0499 e. The van der Waals surface area contributed by atoms with Crippen molar-refractivity contribution < 1.29 is 0 Å². The monoisotopic (exact) mass is 242 g/mol. The van der Waals surface area contributed by atoms with Gasteiger partial charge in [0.05, 0.1) is 0 Å². The molecule has 2 saturated heterocycles. The second kappa shape index (κ2) is 4.87. The smallest absolute Gasteiger partial charge is 0.0499 e. The molecule has 0 aliphatic carbocycles. The molecule has 0 aromatic rings. The number of thiol groups is 1. The Morgan fingerprint density at radius 1 is 1.12 bits per heavy atom. The SMILES string of the molecule is CC(C)CN1CCC2(CC1)CN(C(C)S)C2. The Labute approximate surface area is 106 Å². The molecule has 0 radical (unpaired) electrons. The maximum atomic E-state index is 4.51. The van der Waals surface area contributed by atoms with E-state index in [1.807, 2.05) is 0 Å². The largest absolute Gasteiger partial charge is 0.303 e. The van der Waals surface area contributed by atoms with Gasteiger partial charge in [-0.3, -0.25) is 4.90 Å². The lowest BCUT2D eigenvalue weighted by Gasteiger charge is -2.55. The molecule has 2 nitrogen and oxygen atoms in total. The predicted molar refractivity (Wildman–Crippen MR) is 73.0 cm³/mol. The highest BCUT2D eigenvalue weighted by molar-refractivity contribution is 7.80. The van der Waals surface area contributed by atoms with E-state index in [1.165, 1.54) is 45.6 Å². The van der Waals surface area contributed by atoms with E-state index in [-0.39, 0.29) is 0 Å². The Bertz CT molecular complexity index is 224. The molecule has 0 bridgehead atoms. The summed E-state index contributed by atoms with van der Waals surface area (Å²) in [6.45, 7) is 13.3. The van der Waals surface area contributed by atoms with Gasteiger partial charge in [0.1, 0.15) is 0 Å². The lowest BCUT2D eigenvalue weighted by Crippen LogP contribution is -2.61. The van der Waals surface area contributed by atoms with Gasteiger partial charge in [-0.1, -0.05) is 13.8 Å². The summed E-state index contributed by atoms with van der Waals surface area (Å²) in [5, 5.41) is 0.444. The first-order valence-electron chi connectivity index (χ1n) is 6.65. The third-order valence-corrected chi connectivity index (χ3v) is 4.47. The van der Waals surface area contributed by atoms with E-state index in [0.29, 0.717) is 10.8 Å². The molecular formula is C13H26N2S. The van der Waals surface area contributed by atoms with Gasteiger partial charge in [0.25, 0.3) is 0 Å². The van der Waals surface area contributed by atoms with Crippen LogP contribution < -0.4 is 0 Å². The number of likely N-dealkylation sites (tertiary alicyclic amines) is 2. The first-order chi connectivity index (χ1) is 7.51. The molecule has 0 aromatic carbocycles. The summed E-state index contributed by atoms with van der Waals surface area (Å²) in [4.78, 5) is 5.13.